The van der Waals surface area contributed by atoms with E-state index in [1.54, 1.807) is 37.3 Å². The third kappa shape index (κ3) is 4.86. The maximum absolute atomic E-state index is 16.5. The highest BCUT2D eigenvalue weighted by molar-refractivity contribution is 6.30. The lowest BCUT2D eigenvalue weighted by Crippen LogP contribution is -2.51. The number of benzene rings is 3. The number of alkyl halides is 1. The van der Waals surface area contributed by atoms with Crippen LogP contribution in [0.3, 0.4) is 0 Å². The highest BCUT2D eigenvalue weighted by Crippen LogP contribution is 2.51. The zero-order chi connectivity index (χ0) is 31.2. The van der Waals surface area contributed by atoms with Gasteiger partial charge in [-0.25, -0.2) is 13.6 Å². The predicted molar refractivity (Wildman–Crippen MR) is 154 cm³/mol. The van der Waals surface area contributed by atoms with Gasteiger partial charge in [-0.05, 0) is 53.9 Å². The van der Waals surface area contributed by atoms with E-state index in [0.717, 1.165) is 6.07 Å². The SMILES string of the molecule is CC[C@@](O)(c1cc(F)c2c(c1)C(=O)N(Cc1ccc(OC)cc1C(=O)O)[C@@]2(OC)c1ccc(Cl)cc1)C1(F)CCOCC1. The Morgan fingerprint density at radius 1 is 1.12 bits per heavy atom. The molecule has 1 fully saturated rings. The van der Waals surface area contributed by atoms with E-state index in [1.165, 1.54) is 37.3 Å². The minimum atomic E-state index is -2.12. The summed E-state index contributed by atoms with van der Waals surface area (Å²) in [6.45, 7) is 1.49. The summed E-state index contributed by atoms with van der Waals surface area (Å²) in [6, 6.07) is 13.1. The topological polar surface area (TPSA) is 106 Å². The second-order valence-corrected chi connectivity index (χ2v) is 11.2. The summed E-state index contributed by atoms with van der Waals surface area (Å²) in [6.07, 6.45) is -0.281. The fourth-order valence-electron chi connectivity index (χ4n) is 6.35. The summed E-state index contributed by atoms with van der Waals surface area (Å²) < 4.78 is 49.3. The second-order valence-electron chi connectivity index (χ2n) is 10.7. The first-order valence-electron chi connectivity index (χ1n) is 13.8. The van der Waals surface area contributed by atoms with E-state index in [4.69, 9.17) is 25.8 Å². The molecule has 43 heavy (non-hydrogen) atoms. The van der Waals surface area contributed by atoms with Crippen molar-refractivity contribution in [3.8, 4) is 5.75 Å². The first kappa shape index (κ1) is 30.9. The van der Waals surface area contributed by atoms with Crippen LogP contribution in [0.15, 0.2) is 54.6 Å². The third-order valence-electron chi connectivity index (χ3n) is 8.71. The van der Waals surface area contributed by atoms with Gasteiger partial charge in [-0.2, -0.15) is 0 Å². The molecule has 2 heterocycles. The Balaban J connectivity index is 1.73. The van der Waals surface area contributed by atoms with Gasteiger partial charge in [-0.3, -0.25) is 9.69 Å². The van der Waals surface area contributed by atoms with Gasteiger partial charge in [0.1, 0.15) is 22.8 Å². The van der Waals surface area contributed by atoms with Crippen molar-refractivity contribution in [2.24, 2.45) is 0 Å². The molecule has 0 aromatic heterocycles. The molecule has 2 aliphatic heterocycles. The number of halogens is 3. The Hall–Kier alpha value is -3.57. The Labute approximate surface area is 252 Å². The average molecular weight is 616 g/mol. The first-order valence-corrected chi connectivity index (χ1v) is 14.2. The third-order valence-corrected chi connectivity index (χ3v) is 8.96. The number of carboxylic acids is 1. The van der Waals surface area contributed by atoms with Gasteiger partial charge in [-0.1, -0.05) is 36.7 Å². The van der Waals surface area contributed by atoms with Crippen molar-refractivity contribution in [3.05, 3.63) is 98.8 Å². The lowest BCUT2D eigenvalue weighted by Gasteiger charge is -2.44. The summed E-state index contributed by atoms with van der Waals surface area (Å²) >= 11 is 6.15. The number of methoxy groups -OCH3 is 2. The van der Waals surface area contributed by atoms with Crippen molar-refractivity contribution in [2.75, 3.05) is 27.4 Å². The number of carbonyl (C=O) groups is 2. The van der Waals surface area contributed by atoms with Gasteiger partial charge in [0.25, 0.3) is 5.91 Å². The van der Waals surface area contributed by atoms with Crippen LogP contribution < -0.4 is 4.74 Å². The number of aromatic carboxylic acids is 1. The number of hydrogen-bond donors (Lipinski definition) is 2. The Morgan fingerprint density at radius 3 is 2.37 bits per heavy atom. The molecule has 228 valence electrons. The molecular formula is C32H32ClF2NO7. The van der Waals surface area contributed by atoms with E-state index in [1.807, 2.05) is 0 Å². The molecule has 0 radical (unpaired) electrons. The molecule has 8 nitrogen and oxygen atoms in total. The number of hydrogen-bond acceptors (Lipinski definition) is 6. The molecule has 2 aliphatic rings. The van der Waals surface area contributed by atoms with Gasteiger partial charge in [0.15, 0.2) is 5.72 Å². The number of carboxylic acid groups (broad SMARTS) is 1. The fraction of sp³-hybridized carbons (Fsp3) is 0.375. The number of fused-ring (bicyclic) bond motifs is 1. The van der Waals surface area contributed by atoms with Gasteiger partial charge >= 0.3 is 5.97 Å². The van der Waals surface area contributed by atoms with E-state index >= 15 is 8.78 Å². The van der Waals surface area contributed by atoms with Crippen LogP contribution in [0.5, 0.6) is 5.75 Å². The zero-order valence-corrected chi connectivity index (χ0v) is 24.7. The van der Waals surface area contributed by atoms with E-state index < -0.39 is 34.7 Å². The standard InChI is InChI=1S/C32H32ClF2NO7/c1-4-31(40,30(35)11-13-43-14-12-30)21-15-25-27(26(34)16-21)32(42-3,20-6-8-22(33)9-7-20)36(28(25)37)18-19-5-10-23(41-2)17-24(19)29(38)39/h5-10,15-17,40H,4,11-14,18H2,1-3H3,(H,38,39)/t31-,32-/m1/s1. The largest absolute Gasteiger partial charge is 0.497 e. The molecule has 0 saturated carbocycles. The average Bonchev–Trinajstić information content (AvgIpc) is 3.25. The molecule has 11 heteroatoms. The number of carbonyl (C=O) groups excluding carboxylic acids is 1. The van der Waals surface area contributed by atoms with E-state index in [-0.39, 0.29) is 66.8 Å². The maximum atomic E-state index is 16.5. The van der Waals surface area contributed by atoms with Crippen molar-refractivity contribution in [2.45, 2.75) is 49.7 Å². The minimum absolute atomic E-state index is 0.0809. The van der Waals surface area contributed by atoms with E-state index in [9.17, 15) is 19.8 Å². The van der Waals surface area contributed by atoms with Crippen molar-refractivity contribution < 1.29 is 42.8 Å². The number of ether oxygens (including phenoxy) is 3. The summed E-state index contributed by atoms with van der Waals surface area (Å²) in [4.78, 5) is 27.7. The van der Waals surface area contributed by atoms with Crippen molar-refractivity contribution >= 4 is 23.5 Å². The minimum Gasteiger partial charge on any atom is -0.497 e. The molecule has 3 aromatic rings. The van der Waals surface area contributed by atoms with Crippen LogP contribution in [-0.2, 0) is 27.3 Å². The zero-order valence-electron chi connectivity index (χ0n) is 24.0. The van der Waals surface area contributed by atoms with Crippen LogP contribution in [0.4, 0.5) is 8.78 Å². The molecule has 1 amide bonds. The molecule has 2 N–H and O–H groups in total. The Morgan fingerprint density at radius 2 is 1.79 bits per heavy atom. The van der Waals surface area contributed by atoms with Gasteiger partial charge < -0.3 is 24.4 Å². The second kappa shape index (κ2) is 11.5. The molecule has 5 rings (SSSR count). The van der Waals surface area contributed by atoms with Crippen LogP contribution in [0.25, 0.3) is 0 Å². The summed E-state index contributed by atoms with van der Waals surface area (Å²) in [5.74, 6) is -2.54. The van der Waals surface area contributed by atoms with Crippen molar-refractivity contribution in [1.29, 1.82) is 0 Å². The number of rotatable bonds is 9. The molecule has 0 unspecified atom stereocenters. The lowest BCUT2D eigenvalue weighted by molar-refractivity contribution is -0.155. The lowest BCUT2D eigenvalue weighted by atomic mass is 9.72. The highest BCUT2D eigenvalue weighted by Gasteiger charge is 2.57. The smallest absolute Gasteiger partial charge is 0.336 e. The molecule has 0 aliphatic carbocycles. The Kier molecular flexibility index (Phi) is 8.26. The fourth-order valence-corrected chi connectivity index (χ4v) is 6.48. The van der Waals surface area contributed by atoms with Crippen LogP contribution >= 0.6 is 11.6 Å². The summed E-state index contributed by atoms with van der Waals surface area (Å²) in [5, 5.41) is 22.1. The summed E-state index contributed by atoms with van der Waals surface area (Å²) in [7, 11) is 2.71. The predicted octanol–water partition coefficient (Wildman–Crippen LogP) is 5.81. The molecule has 3 aromatic carbocycles. The van der Waals surface area contributed by atoms with Gasteiger partial charge in [0.2, 0.25) is 0 Å². The van der Waals surface area contributed by atoms with Crippen molar-refractivity contribution in [3.63, 3.8) is 0 Å². The van der Waals surface area contributed by atoms with Gasteiger partial charge in [0.05, 0.1) is 30.3 Å². The molecular weight excluding hydrogens is 584 g/mol. The number of nitrogens with zero attached hydrogens (tertiary/aromatic N) is 1. The van der Waals surface area contributed by atoms with Crippen LogP contribution in [0.2, 0.25) is 5.02 Å². The van der Waals surface area contributed by atoms with Crippen molar-refractivity contribution in [1.82, 2.24) is 4.90 Å². The molecule has 1 saturated heterocycles. The number of aliphatic hydroxyl groups is 1. The van der Waals surface area contributed by atoms with Crippen LogP contribution in [-0.4, -0.2) is 60.1 Å². The quantitative estimate of drug-likeness (QED) is 0.313. The van der Waals surface area contributed by atoms with Crippen LogP contribution in [0, 0.1) is 5.82 Å². The van der Waals surface area contributed by atoms with Gasteiger partial charge in [0, 0.05) is 43.8 Å². The Bertz CT molecular complexity index is 1560. The van der Waals surface area contributed by atoms with Crippen LogP contribution in [0.1, 0.15) is 69.2 Å². The number of amides is 1. The van der Waals surface area contributed by atoms with Gasteiger partial charge in [-0.15, -0.1) is 0 Å². The molecule has 2 atom stereocenters. The normalized spacial score (nSPS) is 20.9. The monoisotopic (exact) mass is 615 g/mol. The van der Waals surface area contributed by atoms with E-state index in [2.05, 4.69) is 0 Å². The highest BCUT2D eigenvalue weighted by atomic mass is 35.5. The first-order chi connectivity index (χ1) is 20.5. The molecule has 0 bridgehead atoms. The summed E-state index contributed by atoms with van der Waals surface area (Å²) in [5.41, 5.74) is -5.98. The maximum Gasteiger partial charge on any atom is 0.336 e. The van der Waals surface area contributed by atoms with E-state index in [0.29, 0.717) is 16.3 Å². The molecule has 0 spiro atoms.